The molecule has 5 rings (SSSR count). The zero-order chi connectivity index (χ0) is 17.6. The molecule has 3 aromatic carbocycles. The Morgan fingerprint density at radius 3 is 2.12 bits per heavy atom. The number of hydrogen-bond donors (Lipinski definition) is 0. The number of fused-ring (bicyclic) bond motifs is 1. The van der Waals surface area contributed by atoms with E-state index in [-0.39, 0.29) is 5.54 Å². The summed E-state index contributed by atoms with van der Waals surface area (Å²) in [5.74, 6) is 0.472. The third-order valence-electron chi connectivity index (χ3n) is 5.65. The number of nitrogens with zero attached hydrogens (tertiary/aromatic N) is 1. The molecule has 1 saturated carbocycles. The molecule has 1 heterocycles. The first kappa shape index (κ1) is 15.3. The predicted octanol–water partition coefficient (Wildman–Crippen LogP) is 5.80. The number of aliphatic imine (C=N–C) groups is 1. The Labute approximate surface area is 154 Å². The minimum atomic E-state index is -0.0958. The number of dihydropyridines is 1. The SMILES string of the molecule is Cc1ccc(C2=CC(c3ccccc3)=NC3(c4ccccc4)CC23)cc1. The van der Waals surface area contributed by atoms with Crippen LogP contribution in [0.15, 0.2) is 96.0 Å². The highest BCUT2D eigenvalue weighted by Crippen LogP contribution is 2.63. The van der Waals surface area contributed by atoms with E-state index in [1.807, 2.05) is 0 Å². The Balaban J connectivity index is 1.66. The fourth-order valence-electron chi connectivity index (χ4n) is 4.14. The van der Waals surface area contributed by atoms with E-state index in [2.05, 4.69) is 97.9 Å². The van der Waals surface area contributed by atoms with Crippen LogP contribution in [0.3, 0.4) is 0 Å². The van der Waals surface area contributed by atoms with Gasteiger partial charge in [-0.15, -0.1) is 0 Å². The predicted molar refractivity (Wildman–Crippen MR) is 108 cm³/mol. The molecule has 0 N–H and O–H groups in total. The van der Waals surface area contributed by atoms with Gasteiger partial charge in [0, 0.05) is 5.92 Å². The van der Waals surface area contributed by atoms with Gasteiger partial charge in [-0.05, 0) is 41.7 Å². The third-order valence-corrected chi connectivity index (χ3v) is 5.65. The molecule has 1 nitrogen and oxygen atoms in total. The molecule has 26 heavy (non-hydrogen) atoms. The minimum Gasteiger partial charge on any atom is -0.273 e. The van der Waals surface area contributed by atoms with E-state index < -0.39 is 0 Å². The summed E-state index contributed by atoms with van der Waals surface area (Å²) in [5.41, 5.74) is 7.56. The van der Waals surface area contributed by atoms with Gasteiger partial charge < -0.3 is 0 Å². The minimum absolute atomic E-state index is 0.0958. The van der Waals surface area contributed by atoms with Gasteiger partial charge in [-0.25, -0.2) is 0 Å². The molecule has 0 aromatic heterocycles. The normalized spacial score (nSPS) is 23.7. The Hall–Kier alpha value is -2.93. The van der Waals surface area contributed by atoms with Gasteiger partial charge >= 0.3 is 0 Å². The molecule has 1 heteroatoms. The summed E-state index contributed by atoms with van der Waals surface area (Å²) in [6, 6.07) is 30.3. The molecule has 1 aliphatic carbocycles. The maximum Gasteiger partial charge on any atom is 0.0940 e. The van der Waals surface area contributed by atoms with Gasteiger partial charge in [0.25, 0.3) is 0 Å². The zero-order valence-corrected chi connectivity index (χ0v) is 14.9. The molecular formula is C25H21N. The van der Waals surface area contributed by atoms with Crippen LogP contribution in [0.25, 0.3) is 5.57 Å². The molecule has 2 aliphatic rings. The van der Waals surface area contributed by atoms with Crippen molar-refractivity contribution in [3.8, 4) is 0 Å². The van der Waals surface area contributed by atoms with Crippen LogP contribution >= 0.6 is 0 Å². The molecule has 0 spiro atoms. The van der Waals surface area contributed by atoms with Crippen molar-refractivity contribution >= 4 is 11.3 Å². The lowest BCUT2D eigenvalue weighted by atomic mass is 9.89. The van der Waals surface area contributed by atoms with E-state index in [1.165, 1.54) is 27.8 Å². The van der Waals surface area contributed by atoms with Crippen LogP contribution in [0.1, 0.15) is 28.7 Å². The quantitative estimate of drug-likeness (QED) is 0.574. The fourth-order valence-corrected chi connectivity index (χ4v) is 4.14. The topological polar surface area (TPSA) is 12.4 Å². The van der Waals surface area contributed by atoms with Crippen LogP contribution in [-0.4, -0.2) is 5.71 Å². The summed E-state index contributed by atoms with van der Waals surface area (Å²) in [4.78, 5) is 5.26. The van der Waals surface area contributed by atoms with E-state index in [1.54, 1.807) is 0 Å². The van der Waals surface area contributed by atoms with Crippen LogP contribution in [0, 0.1) is 12.8 Å². The van der Waals surface area contributed by atoms with Crippen molar-refractivity contribution in [2.75, 3.05) is 0 Å². The zero-order valence-electron chi connectivity index (χ0n) is 14.9. The number of rotatable bonds is 3. The van der Waals surface area contributed by atoms with Crippen LogP contribution < -0.4 is 0 Å². The van der Waals surface area contributed by atoms with Gasteiger partial charge in [-0.2, -0.15) is 0 Å². The first-order valence-corrected chi connectivity index (χ1v) is 9.26. The highest BCUT2D eigenvalue weighted by Gasteiger charge is 2.59. The summed E-state index contributed by atoms with van der Waals surface area (Å²) in [5, 5.41) is 0. The molecule has 1 fully saturated rings. The highest BCUT2D eigenvalue weighted by atomic mass is 15.0. The Bertz CT molecular complexity index is 997. The largest absolute Gasteiger partial charge is 0.273 e. The standard InChI is InChI=1S/C25H21N/c1-18-12-14-19(15-13-18)22-16-24(20-8-4-2-5-9-20)26-25(17-23(22)25)21-10-6-3-7-11-21/h2-16,23H,17H2,1H3. The number of hydrogen-bond acceptors (Lipinski definition) is 1. The second-order valence-corrected chi connectivity index (χ2v) is 7.38. The van der Waals surface area contributed by atoms with Crippen molar-refractivity contribution in [3.63, 3.8) is 0 Å². The maximum atomic E-state index is 5.26. The van der Waals surface area contributed by atoms with Crippen molar-refractivity contribution in [2.24, 2.45) is 10.9 Å². The van der Waals surface area contributed by atoms with E-state index in [0.29, 0.717) is 5.92 Å². The van der Waals surface area contributed by atoms with Gasteiger partial charge in [-0.1, -0.05) is 90.5 Å². The van der Waals surface area contributed by atoms with Gasteiger partial charge in [-0.3, -0.25) is 4.99 Å². The van der Waals surface area contributed by atoms with Gasteiger partial charge in [0.1, 0.15) is 0 Å². The van der Waals surface area contributed by atoms with E-state index in [0.717, 1.165) is 12.1 Å². The average Bonchev–Trinajstić information content (AvgIpc) is 3.45. The second kappa shape index (κ2) is 5.81. The van der Waals surface area contributed by atoms with Crippen LogP contribution in [0.4, 0.5) is 0 Å². The van der Waals surface area contributed by atoms with E-state index in [9.17, 15) is 0 Å². The summed E-state index contributed by atoms with van der Waals surface area (Å²) < 4.78 is 0. The summed E-state index contributed by atoms with van der Waals surface area (Å²) in [6.07, 6.45) is 3.39. The fraction of sp³-hybridized carbons (Fsp3) is 0.160. The molecule has 2 atom stereocenters. The van der Waals surface area contributed by atoms with Crippen molar-refractivity contribution in [2.45, 2.75) is 18.9 Å². The third kappa shape index (κ3) is 2.43. The van der Waals surface area contributed by atoms with Crippen molar-refractivity contribution in [3.05, 3.63) is 113 Å². The number of benzene rings is 3. The molecule has 1 aliphatic heterocycles. The molecule has 3 aromatic rings. The van der Waals surface area contributed by atoms with Crippen molar-refractivity contribution in [1.82, 2.24) is 0 Å². The smallest absolute Gasteiger partial charge is 0.0940 e. The number of aryl methyl sites for hydroxylation is 1. The molecule has 126 valence electrons. The van der Waals surface area contributed by atoms with Gasteiger partial charge in [0.2, 0.25) is 0 Å². The van der Waals surface area contributed by atoms with Crippen LogP contribution in [0.2, 0.25) is 0 Å². The van der Waals surface area contributed by atoms with Crippen LogP contribution in [0.5, 0.6) is 0 Å². The van der Waals surface area contributed by atoms with Gasteiger partial charge in [0.05, 0.1) is 11.3 Å². The Morgan fingerprint density at radius 2 is 1.42 bits per heavy atom. The molecule has 0 radical (unpaired) electrons. The lowest BCUT2D eigenvalue weighted by molar-refractivity contribution is 0.699. The average molecular weight is 335 g/mol. The monoisotopic (exact) mass is 335 g/mol. The van der Waals surface area contributed by atoms with Crippen molar-refractivity contribution in [1.29, 1.82) is 0 Å². The summed E-state index contributed by atoms with van der Waals surface area (Å²) in [6.45, 7) is 2.14. The Morgan fingerprint density at radius 1 is 0.769 bits per heavy atom. The first-order chi connectivity index (χ1) is 12.8. The molecule has 2 unspecified atom stereocenters. The second-order valence-electron chi connectivity index (χ2n) is 7.38. The van der Waals surface area contributed by atoms with Crippen molar-refractivity contribution < 1.29 is 0 Å². The van der Waals surface area contributed by atoms with Crippen LogP contribution in [-0.2, 0) is 5.54 Å². The lowest BCUT2D eigenvalue weighted by Gasteiger charge is -2.22. The maximum absolute atomic E-state index is 5.26. The summed E-state index contributed by atoms with van der Waals surface area (Å²) in [7, 11) is 0. The molecular weight excluding hydrogens is 314 g/mol. The van der Waals surface area contributed by atoms with Gasteiger partial charge in [0.15, 0.2) is 0 Å². The first-order valence-electron chi connectivity index (χ1n) is 9.26. The lowest BCUT2D eigenvalue weighted by Crippen LogP contribution is -2.16. The highest BCUT2D eigenvalue weighted by molar-refractivity contribution is 6.14. The van der Waals surface area contributed by atoms with E-state index >= 15 is 0 Å². The summed E-state index contributed by atoms with van der Waals surface area (Å²) >= 11 is 0. The molecule has 0 amide bonds. The molecule has 0 bridgehead atoms. The van der Waals surface area contributed by atoms with E-state index in [4.69, 9.17) is 4.99 Å². The Kier molecular flexibility index (Phi) is 3.43. The number of allylic oxidation sites excluding steroid dienone is 1. The molecule has 0 saturated heterocycles.